The van der Waals surface area contributed by atoms with Crippen LogP contribution in [0.1, 0.15) is 26.3 Å². The summed E-state index contributed by atoms with van der Waals surface area (Å²) in [4.78, 5) is 16.4. The fourth-order valence-corrected chi connectivity index (χ4v) is 2.00. The van der Waals surface area contributed by atoms with E-state index in [1.54, 1.807) is 6.20 Å². The number of amides is 1. The summed E-state index contributed by atoms with van der Waals surface area (Å²) < 4.78 is 1.87. The molecular formula is C15H20N4O. The molecule has 0 aliphatic heterocycles. The molecular weight excluding hydrogens is 252 g/mol. The van der Waals surface area contributed by atoms with Crippen LogP contribution in [-0.2, 0) is 4.79 Å². The first-order chi connectivity index (χ1) is 9.63. The number of nitrogens with zero attached hydrogens (tertiary/aromatic N) is 2. The number of rotatable bonds is 5. The molecule has 5 nitrogen and oxygen atoms in total. The highest BCUT2D eigenvalue weighted by atomic mass is 16.2. The van der Waals surface area contributed by atoms with Gasteiger partial charge in [0.1, 0.15) is 11.9 Å². The van der Waals surface area contributed by atoms with Crippen molar-refractivity contribution in [2.45, 2.75) is 26.3 Å². The van der Waals surface area contributed by atoms with Gasteiger partial charge in [-0.05, 0) is 37.6 Å². The molecule has 106 valence electrons. The fourth-order valence-electron chi connectivity index (χ4n) is 2.00. The lowest BCUT2D eigenvalue weighted by Crippen LogP contribution is -2.31. The van der Waals surface area contributed by atoms with E-state index in [4.69, 9.17) is 5.73 Å². The maximum absolute atomic E-state index is 12.1. The molecule has 0 saturated heterocycles. The van der Waals surface area contributed by atoms with Gasteiger partial charge in [-0.3, -0.25) is 4.79 Å². The summed E-state index contributed by atoms with van der Waals surface area (Å²) in [5.41, 5.74) is 7.34. The van der Waals surface area contributed by atoms with E-state index in [2.05, 4.69) is 10.3 Å². The maximum Gasteiger partial charge on any atom is 0.242 e. The molecule has 20 heavy (non-hydrogen) atoms. The van der Waals surface area contributed by atoms with E-state index in [9.17, 15) is 4.79 Å². The van der Waals surface area contributed by atoms with Crippen molar-refractivity contribution in [2.75, 3.05) is 12.3 Å². The number of anilines is 1. The van der Waals surface area contributed by atoms with Gasteiger partial charge in [-0.25, -0.2) is 4.98 Å². The van der Waals surface area contributed by atoms with Crippen molar-refractivity contribution in [3.05, 3.63) is 36.7 Å². The number of carbonyl (C=O) groups excluding carboxylic acids is 1. The van der Waals surface area contributed by atoms with Gasteiger partial charge in [0.2, 0.25) is 5.91 Å². The summed E-state index contributed by atoms with van der Waals surface area (Å²) in [5.74, 6) is 0.769. The van der Waals surface area contributed by atoms with Crippen LogP contribution >= 0.6 is 0 Å². The summed E-state index contributed by atoms with van der Waals surface area (Å²) in [7, 11) is 0. The average molecular weight is 272 g/mol. The second kappa shape index (κ2) is 6.23. The number of imidazole rings is 1. The predicted octanol–water partition coefficient (Wildman–Crippen LogP) is 2.22. The molecule has 2 rings (SSSR count). The van der Waals surface area contributed by atoms with Gasteiger partial charge in [0, 0.05) is 30.2 Å². The molecule has 0 spiro atoms. The lowest BCUT2D eigenvalue weighted by molar-refractivity contribution is -0.123. The van der Waals surface area contributed by atoms with Gasteiger partial charge in [-0.15, -0.1) is 0 Å². The van der Waals surface area contributed by atoms with E-state index < -0.39 is 0 Å². The van der Waals surface area contributed by atoms with Crippen LogP contribution in [-0.4, -0.2) is 22.0 Å². The highest BCUT2D eigenvalue weighted by Gasteiger charge is 2.17. The van der Waals surface area contributed by atoms with Crippen LogP contribution in [0, 0.1) is 0 Å². The monoisotopic (exact) mass is 272 g/mol. The molecule has 1 unspecified atom stereocenters. The van der Waals surface area contributed by atoms with Gasteiger partial charge in [-0.1, -0.05) is 6.92 Å². The molecule has 1 aromatic heterocycles. The number of hydrogen-bond donors (Lipinski definition) is 2. The predicted molar refractivity (Wildman–Crippen MR) is 80.1 cm³/mol. The third-order valence-electron chi connectivity index (χ3n) is 3.18. The number of hydrogen-bond acceptors (Lipinski definition) is 3. The lowest BCUT2D eigenvalue weighted by Gasteiger charge is -2.16. The van der Waals surface area contributed by atoms with Crippen LogP contribution in [0.5, 0.6) is 0 Å². The lowest BCUT2D eigenvalue weighted by atomic mass is 10.2. The number of nitrogens with two attached hydrogens (primary N) is 1. The second-order valence-electron chi connectivity index (χ2n) is 4.75. The SMILES string of the molecule is CCCNC(=O)C(C)n1ccnc1-c1ccc(N)cc1. The molecule has 0 fully saturated rings. The summed E-state index contributed by atoms with van der Waals surface area (Å²) in [6.07, 6.45) is 4.45. The first-order valence-electron chi connectivity index (χ1n) is 6.80. The Kier molecular flexibility index (Phi) is 4.40. The number of carbonyl (C=O) groups is 1. The molecule has 2 aromatic rings. The first kappa shape index (κ1) is 14.1. The molecule has 0 bridgehead atoms. The van der Waals surface area contributed by atoms with Crippen molar-refractivity contribution < 1.29 is 4.79 Å². The van der Waals surface area contributed by atoms with E-state index in [-0.39, 0.29) is 11.9 Å². The Hall–Kier alpha value is -2.30. The van der Waals surface area contributed by atoms with Crippen LogP contribution in [0.25, 0.3) is 11.4 Å². The average Bonchev–Trinajstić information content (AvgIpc) is 2.94. The van der Waals surface area contributed by atoms with Crippen LogP contribution < -0.4 is 11.1 Å². The van der Waals surface area contributed by atoms with Crippen molar-refractivity contribution in [1.29, 1.82) is 0 Å². The van der Waals surface area contributed by atoms with Crippen molar-refractivity contribution in [3.8, 4) is 11.4 Å². The Labute approximate surface area is 118 Å². The topological polar surface area (TPSA) is 72.9 Å². The van der Waals surface area contributed by atoms with Crippen LogP contribution in [0.3, 0.4) is 0 Å². The minimum Gasteiger partial charge on any atom is -0.399 e. The molecule has 0 aliphatic carbocycles. The fraction of sp³-hybridized carbons (Fsp3) is 0.333. The smallest absolute Gasteiger partial charge is 0.242 e. The number of nitrogen functional groups attached to an aromatic ring is 1. The molecule has 1 aromatic carbocycles. The third-order valence-corrected chi connectivity index (χ3v) is 3.18. The molecule has 0 radical (unpaired) electrons. The molecule has 5 heteroatoms. The van der Waals surface area contributed by atoms with Crippen molar-refractivity contribution in [2.24, 2.45) is 0 Å². The first-order valence-corrected chi connectivity index (χ1v) is 6.80. The van der Waals surface area contributed by atoms with Crippen molar-refractivity contribution >= 4 is 11.6 Å². The van der Waals surface area contributed by atoms with Gasteiger partial charge < -0.3 is 15.6 Å². The van der Waals surface area contributed by atoms with Gasteiger partial charge >= 0.3 is 0 Å². The highest BCUT2D eigenvalue weighted by molar-refractivity contribution is 5.80. The van der Waals surface area contributed by atoms with E-state index in [0.717, 1.165) is 17.8 Å². The van der Waals surface area contributed by atoms with E-state index in [1.165, 1.54) is 0 Å². The Balaban J connectivity index is 2.24. The summed E-state index contributed by atoms with van der Waals surface area (Å²) >= 11 is 0. The van der Waals surface area contributed by atoms with Crippen LogP contribution in [0.15, 0.2) is 36.7 Å². The summed E-state index contributed by atoms with van der Waals surface area (Å²) in [5, 5.41) is 2.90. The summed E-state index contributed by atoms with van der Waals surface area (Å²) in [6.45, 7) is 4.59. The number of benzene rings is 1. The number of nitrogens with one attached hydrogen (secondary N) is 1. The number of aromatic nitrogens is 2. The summed E-state index contributed by atoms with van der Waals surface area (Å²) in [6, 6.07) is 7.18. The zero-order chi connectivity index (χ0) is 14.5. The van der Waals surface area contributed by atoms with E-state index >= 15 is 0 Å². The van der Waals surface area contributed by atoms with Crippen LogP contribution in [0.2, 0.25) is 0 Å². The van der Waals surface area contributed by atoms with E-state index in [0.29, 0.717) is 12.2 Å². The molecule has 0 saturated carbocycles. The minimum atomic E-state index is -0.295. The molecule has 1 heterocycles. The molecule has 3 N–H and O–H groups in total. The Morgan fingerprint density at radius 2 is 2.10 bits per heavy atom. The second-order valence-corrected chi connectivity index (χ2v) is 4.75. The zero-order valence-electron chi connectivity index (χ0n) is 11.8. The molecule has 1 amide bonds. The van der Waals surface area contributed by atoms with Gasteiger partial charge in [0.05, 0.1) is 0 Å². The highest BCUT2D eigenvalue weighted by Crippen LogP contribution is 2.22. The van der Waals surface area contributed by atoms with Crippen LogP contribution in [0.4, 0.5) is 5.69 Å². The van der Waals surface area contributed by atoms with Gasteiger partial charge in [-0.2, -0.15) is 0 Å². The van der Waals surface area contributed by atoms with Gasteiger partial charge in [0.15, 0.2) is 0 Å². The van der Waals surface area contributed by atoms with Gasteiger partial charge in [0.25, 0.3) is 0 Å². The zero-order valence-corrected chi connectivity index (χ0v) is 11.8. The molecule has 0 aliphatic rings. The largest absolute Gasteiger partial charge is 0.399 e. The normalized spacial score (nSPS) is 12.1. The Morgan fingerprint density at radius 1 is 1.40 bits per heavy atom. The third kappa shape index (κ3) is 2.99. The Morgan fingerprint density at radius 3 is 2.75 bits per heavy atom. The standard InChI is InChI=1S/C15H20N4O/c1-3-8-18-15(20)11(2)19-10-9-17-14(19)12-4-6-13(16)7-5-12/h4-7,9-11H,3,8,16H2,1-2H3,(H,18,20). The van der Waals surface area contributed by atoms with Crippen molar-refractivity contribution in [1.82, 2.24) is 14.9 Å². The van der Waals surface area contributed by atoms with E-state index in [1.807, 2.05) is 48.9 Å². The minimum absolute atomic E-state index is 0.00143. The quantitative estimate of drug-likeness (QED) is 0.820. The maximum atomic E-state index is 12.1. The Bertz CT molecular complexity index is 574. The molecule has 1 atom stereocenters. The van der Waals surface area contributed by atoms with Crippen molar-refractivity contribution in [3.63, 3.8) is 0 Å².